The molecule has 0 radical (unpaired) electrons. The SMILES string of the molecule is COc1cc(OC)c(/C=N/N(O)C(=N)N)cc1Br.Cc1ccc(S(=O)(=O)O)cc1. The fraction of sp³-hybridized carbons (Fsp3) is 0.176. The molecule has 12 heteroatoms. The second kappa shape index (κ2) is 10.8. The predicted molar refractivity (Wildman–Crippen MR) is 111 cm³/mol. The van der Waals surface area contributed by atoms with Gasteiger partial charge in [0, 0.05) is 11.6 Å². The van der Waals surface area contributed by atoms with Gasteiger partial charge in [0.2, 0.25) is 5.96 Å². The predicted octanol–water partition coefficient (Wildman–Crippen LogP) is 2.63. The molecule has 2 rings (SSSR count). The first-order chi connectivity index (χ1) is 13.5. The van der Waals surface area contributed by atoms with Gasteiger partial charge in [-0.15, -0.1) is 5.17 Å². The van der Waals surface area contributed by atoms with Crippen molar-refractivity contribution in [2.45, 2.75) is 11.8 Å². The van der Waals surface area contributed by atoms with E-state index in [2.05, 4.69) is 21.0 Å². The van der Waals surface area contributed by atoms with Crippen LogP contribution in [0.3, 0.4) is 0 Å². The molecule has 0 spiro atoms. The number of hydroxylamine groups is 1. The normalized spacial score (nSPS) is 10.8. The van der Waals surface area contributed by atoms with E-state index in [0.29, 0.717) is 21.5 Å². The number of nitrogens with two attached hydrogens (primary N) is 1. The third-order valence-corrected chi connectivity index (χ3v) is 4.83. The molecule has 158 valence electrons. The van der Waals surface area contributed by atoms with E-state index in [-0.39, 0.29) is 10.1 Å². The van der Waals surface area contributed by atoms with Crippen molar-refractivity contribution < 1.29 is 27.7 Å². The average molecular weight is 489 g/mol. The lowest BCUT2D eigenvalue weighted by atomic mass is 10.2. The Bertz CT molecular complexity index is 980. The van der Waals surface area contributed by atoms with Crippen molar-refractivity contribution in [2.24, 2.45) is 10.8 Å². The summed E-state index contributed by atoms with van der Waals surface area (Å²) in [5, 5.41) is 19.9. The summed E-state index contributed by atoms with van der Waals surface area (Å²) >= 11 is 3.32. The van der Waals surface area contributed by atoms with Gasteiger partial charge in [-0.25, -0.2) is 0 Å². The number of rotatable bonds is 5. The molecule has 2 aromatic rings. The summed E-state index contributed by atoms with van der Waals surface area (Å²) in [4.78, 5) is -0.0666. The number of ether oxygens (including phenoxy) is 2. The lowest BCUT2D eigenvalue weighted by Gasteiger charge is -2.10. The molecule has 0 unspecified atom stereocenters. The van der Waals surface area contributed by atoms with Gasteiger partial charge in [-0.2, -0.15) is 13.5 Å². The van der Waals surface area contributed by atoms with Crippen molar-refractivity contribution in [3.8, 4) is 11.5 Å². The Labute approximate surface area is 176 Å². The molecule has 0 bridgehead atoms. The number of benzene rings is 2. The minimum absolute atomic E-state index is 0.0666. The number of hydrazone groups is 1. The van der Waals surface area contributed by atoms with Crippen LogP contribution in [0.4, 0.5) is 0 Å². The van der Waals surface area contributed by atoms with Crippen molar-refractivity contribution in [1.29, 1.82) is 5.41 Å². The van der Waals surface area contributed by atoms with Gasteiger partial charge in [0.25, 0.3) is 10.1 Å². The zero-order valence-electron chi connectivity index (χ0n) is 15.8. The summed E-state index contributed by atoms with van der Waals surface area (Å²) < 4.78 is 40.5. The highest BCUT2D eigenvalue weighted by Gasteiger charge is 2.09. The first-order valence-corrected chi connectivity index (χ1v) is 10.1. The number of guanidine groups is 1. The van der Waals surface area contributed by atoms with Crippen LogP contribution in [0.1, 0.15) is 11.1 Å². The van der Waals surface area contributed by atoms with Crippen LogP contribution in [0.25, 0.3) is 0 Å². The molecule has 0 aromatic heterocycles. The van der Waals surface area contributed by atoms with Crippen LogP contribution in [0.5, 0.6) is 11.5 Å². The Kier molecular flexibility index (Phi) is 9.04. The molecular weight excluding hydrogens is 468 g/mol. The highest BCUT2D eigenvalue weighted by atomic mass is 79.9. The summed E-state index contributed by atoms with van der Waals surface area (Å²) in [5.74, 6) is 0.532. The minimum Gasteiger partial charge on any atom is -0.496 e. The van der Waals surface area contributed by atoms with E-state index in [4.69, 9.17) is 30.4 Å². The Morgan fingerprint density at radius 2 is 1.76 bits per heavy atom. The van der Waals surface area contributed by atoms with E-state index in [9.17, 15) is 8.42 Å². The van der Waals surface area contributed by atoms with E-state index >= 15 is 0 Å². The number of aryl methyl sites for hydroxylation is 1. The van der Waals surface area contributed by atoms with E-state index in [1.165, 1.54) is 25.5 Å². The van der Waals surface area contributed by atoms with Gasteiger partial charge in [0.15, 0.2) is 0 Å². The molecule has 0 aliphatic carbocycles. The lowest BCUT2D eigenvalue weighted by molar-refractivity contribution is -0.0139. The Balaban J connectivity index is 0.000000326. The van der Waals surface area contributed by atoms with Gasteiger partial charge in [0.05, 0.1) is 29.8 Å². The van der Waals surface area contributed by atoms with Crippen LogP contribution >= 0.6 is 15.9 Å². The van der Waals surface area contributed by atoms with Crippen molar-refractivity contribution in [3.05, 3.63) is 52.0 Å². The molecule has 0 aliphatic rings. The number of hydrogen-bond donors (Lipinski definition) is 4. The Hall–Kier alpha value is -2.67. The molecule has 0 saturated heterocycles. The number of halogens is 1. The largest absolute Gasteiger partial charge is 0.496 e. The maximum absolute atomic E-state index is 10.5. The lowest BCUT2D eigenvalue weighted by Crippen LogP contribution is -2.28. The standard InChI is InChI=1S/C10H13BrN4O3.C7H8O3S/c1-17-8-4-9(18-2)7(11)3-6(8)5-14-15(16)10(12)13;1-6-2-4-7(5-3-6)11(8,9)10/h3-5,16H,1-2H3,(H3,12,13);2-5H,1H3,(H,8,9,10)/b14-5+;. The molecule has 0 atom stereocenters. The molecule has 0 fully saturated rings. The first-order valence-electron chi connectivity index (χ1n) is 7.82. The first kappa shape index (κ1) is 24.4. The summed E-state index contributed by atoms with van der Waals surface area (Å²) in [6.07, 6.45) is 1.31. The van der Waals surface area contributed by atoms with Crippen molar-refractivity contribution in [2.75, 3.05) is 14.2 Å². The van der Waals surface area contributed by atoms with Crippen molar-refractivity contribution >= 4 is 38.2 Å². The molecule has 2 aromatic carbocycles. The maximum atomic E-state index is 10.5. The molecular formula is C17H21BrN4O6S. The molecule has 0 heterocycles. The van der Waals surface area contributed by atoms with Crippen molar-refractivity contribution in [3.63, 3.8) is 0 Å². The number of methoxy groups -OCH3 is 2. The van der Waals surface area contributed by atoms with Crippen LogP contribution < -0.4 is 15.2 Å². The Morgan fingerprint density at radius 1 is 1.21 bits per heavy atom. The van der Waals surface area contributed by atoms with Crippen molar-refractivity contribution in [1.82, 2.24) is 5.17 Å². The van der Waals surface area contributed by atoms with Crippen LogP contribution in [0.2, 0.25) is 0 Å². The minimum atomic E-state index is -4.02. The smallest absolute Gasteiger partial charge is 0.294 e. The fourth-order valence-electron chi connectivity index (χ4n) is 1.87. The van der Waals surface area contributed by atoms with Gasteiger partial charge in [-0.05, 0) is 41.1 Å². The second-order valence-electron chi connectivity index (χ2n) is 5.44. The molecule has 0 saturated carbocycles. The van der Waals surface area contributed by atoms with Gasteiger partial charge in [0.1, 0.15) is 11.5 Å². The number of nitrogens with zero attached hydrogens (tertiary/aromatic N) is 2. The van der Waals surface area contributed by atoms with E-state index in [1.54, 1.807) is 31.4 Å². The fourth-order valence-corrected chi connectivity index (χ4v) is 2.88. The highest BCUT2D eigenvalue weighted by molar-refractivity contribution is 9.10. The zero-order valence-corrected chi connectivity index (χ0v) is 18.2. The van der Waals surface area contributed by atoms with Crippen LogP contribution in [-0.4, -0.2) is 49.7 Å². The summed E-state index contributed by atoms with van der Waals surface area (Å²) in [6.45, 7) is 1.84. The molecule has 5 N–H and O–H groups in total. The number of hydrogen-bond acceptors (Lipinski definition) is 7. The summed E-state index contributed by atoms with van der Waals surface area (Å²) in [7, 11) is -0.978. The topological polar surface area (TPSA) is 159 Å². The van der Waals surface area contributed by atoms with E-state index < -0.39 is 16.1 Å². The zero-order chi connectivity index (χ0) is 22.2. The summed E-state index contributed by atoms with van der Waals surface area (Å²) in [6, 6.07) is 9.36. The summed E-state index contributed by atoms with van der Waals surface area (Å²) in [5.41, 5.74) is 6.58. The van der Waals surface area contributed by atoms with Crippen LogP contribution in [0, 0.1) is 12.3 Å². The molecule has 0 aliphatic heterocycles. The van der Waals surface area contributed by atoms with Crippen LogP contribution in [-0.2, 0) is 10.1 Å². The monoisotopic (exact) mass is 488 g/mol. The third-order valence-electron chi connectivity index (χ3n) is 3.34. The highest BCUT2D eigenvalue weighted by Crippen LogP contribution is 2.31. The number of nitrogens with one attached hydrogen (secondary N) is 1. The molecule has 0 amide bonds. The van der Waals surface area contributed by atoms with Gasteiger partial charge in [-0.1, -0.05) is 17.7 Å². The molecule has 29 heavy (non-hydrogen) atoms. The van der Waals surface area contributed by atoms with Gasteiger partial charge < -0.3 is 15.2 Å². The van der Waals surface area contributed by atoms with E-state index in [0.717, 1.165) is 5.56 Å². The maximum Gasteiger partial charge on any atom is 0.294 e. The average Bonchev–Trinajstić information content (AvgIpc) is 2.66. The quantitative estimate of drug-likeness (QED) is 0.216. The van der Waals surface area contributed by atoms with E-state index in [1.807, 2.05) is 6.92 Å². The van der Waals surface area contributed by atoms with Crippen LogP contribution in [0.15, 0.2) is 50.9 Å². The van der Waals surface area contributed by atoms with Gasteiger partial charge >= 0.3 is 0 Å². The third kappa shape index (κ3) is 7.69. The van der Waals surface area contributed by atoms with Gasteiger partial charge in [-0.3, -0.25) is 15.2 Å². The Morgan fingerprint density at radius 3 is 2.21 bits per heavy atom. The molecule has 10 nitrogen and oxygen atoms in total. The second-order valence-corrected chi connectivity index (χ2v) is 7.71.